The Balaban J connectivity index is 2.07. The fourth-order valence-corrected chi connectivity index (χ4v) is 5.73. The van der Waals surface area contributed by atoms with Crippen LogP contribution in [-0.4, -0.2) is 57.4 Å². The second kappa shape index (κ2) is 7.29. The highest BCUT2D eigenvalue weighted by molar-refractivity contribution is 7.89. The van der Waals surface area contributed by atoms with E-state index in [4.69, 9.17) is 0 Å². The van der Waals surface area contributed by atoms with Crippen molar-refractivity contribution in [3.05, 3.63) is 29.8 Å². The molecule has 0 bridgehead atoms. The lowest BCUT2D eigenvalue weighted by molar-refractivity contribution is 0.272. The standard InChI is InChI=1S/C15H24N2O4S2/c1-3-4-12-22(18,19)16-8-10-17(11-9-16)23(20,21)15-7-5-6-14(2)13-15/h5-7,13H,3-4,8-12H2,1-2H3. The number of unbranched alkanes of at least 4 members (excludes halogenated alkanes) is 1. The van der Waals surface area contributed by atoms with E-state index in [-0.39, 0.29) is 36.8 Å². The molecule has 1 aliphatic rings. The summed E-state index contributed by atoms with van der Waals surface area (Å²) in [6.45, 7) is 4.62. The van der Waals surface area contributed by atoms with Crippen LogP contribution < -0.4 is 0 Å². The molecule has 0 spiro atoms. The van der Waals surface area contributed by atoms with Crippen LogP contribution in [0.25, 0.3) is 0 Å². The number of rotatable bonds is 6. The first-order valence-electron chi connectivity index (χ1n) is 7.82. The molecule has 1 fully saturated rings. The highest BCUT2D eigenvalue weighted by Gasteiger charge is 2.32. The van der Waals surface area contributed by atoms with Gasteiger partial charge in [0.05, 0.1) is 10.6 Å². The van der Waals surface area contributed by atoms with Crippen LogP contribution in [0.15, 0.2) is 29.2 Å². The van der Waals surface area contributed by atoms with Gasteiger partial charge in [-0.2, -0.15) is 8.61 Å². The van der Waals surface area contributed by atoms with Crippen LogP contribution in [0, 0.1) is 6.92 Å². The van der Waals surface area contributed by atoms with E-state index >= 15 is 0 Å². The first-order chi connectivity index (χ1) is 10.8. The zero-order chi connectivity index (χ0) is 17.1. The minimum atomic E-state index is -3.56. The quantitative estimate of drug-likeness (QED) is 0.769. The van der Waals surface area contributed by atoms with Crippen LogP contribution in [0.5, 0.6) is 0 Å². The summed E-state index contributed by atoms with van der Waals surface area (Å²) < 4.78 is 52.4. The number of benzene rings is 1. The maximum Gasteiger partial charge on any atom is 0.243 e. The van der Waals surface area contributed by atoms with Gasteiger partial charge in [-0.3, -0.25) is 0 Å². The van der Waals surface area contributed by atoms with Crippen LogP contribution in [-0.2, 0) is 20.0 Å². The lowest BCUT2D eigenvalue weighted by Crippen LogP contribution is -2.50. The van der Waals surface area contributed by atoms with Gasteiger partial charge in [-0.15, -0.1) is 0 Å². The van der Waals surface area contributed by atoms with Crippen LogP contribution in [0.4, 0.5) is 0 Å². The van der Waals surface area contributed by atoms with Crippen molar-refractivity contribution >= 4 is 20.0 Å². The van der Waals surface area contributed by atoms with Crippen molar-refractivity contribution in [2.24, 2.45) is 0 Å². The molecule has 1 saturated heterocycles. The molecule has 2 rings (SSSR count). The molecular formula is C15H24N2O4S2. The molecule has 6 nitrogen and oxygen atoms in total. The Labute approximate surface area is 139 Å². The van der Waals surface area contributed by atoms with Crippen molar-refractivity contribution in [1.29, 1.82) is 0 Å². The molecule has 0 radical (unpaired) electrons. The van der Waals surface area contributed by atoms with Gasteiger partial charge in [0, 0.05) is 26.2 Å². The van der Waals surface area contributed by atoms with Crippen molar-refractivity contribution in [3.8, 4) is 0 Å². The van der Waals surface area contributed by atoms with Gasteiger partial charge in [0.2, 0.25) is 20.0 Å². The first kappa shape index (κ1) is 18.4. The minimum absolute atomic E-state index is 0.133. The fraction of sp³-hybridized carbons (Fsp3) is 0.600. The third-order valence-corrected chi connectivity index (χ3v) is 7.83. The van der Waals surface area contributed by atoms with Crippen LogP contribution >= 0.6 is 0 Å². The number of piperazine rings is 1. The Kier molecular flexibility index (Phi) is 5.83. The van der Waals surface area contributed by atoms with E-state index in [0.717, 1.165) is 12.0 Å². The summed E-state index contributed by atoms with van der Waals surface area (Å²) in [4.78, 5) is 0.264. The molecule has 23 heavy (non-hydrogen) atoms. The fourth-order valence-electron chi connectivity index (χ4n) is 2.57. The summed E-state index contributed by atoms with van der Waals surface area (Å²) >= 11 is 0. The Morgan fingerprint density at radius 3 is 2.17 bits per heavy atom. The molecule has 0 amide bonds. The Bertz CT molecular complexity index is 736. The van der Waals surface area contributed by atoms with Crippen LogP contribution in [0.2, 0.25) is 0 Å². The van der Waals surface area contributed by atoms with E-state index in [1.54, 1.807) is 18.2 Å². The molecule has 1 aromatic carbocycles. The van der Waals surface area contributed by atoms with Crippen LogP contribution in [0.1, 0.15) is 25.3 Å². The zero-order valence-corrected chi connectivity index (χ0v) is 15.2. The van der Waals surface area contributed by atoms with E-state index in [1.807, 2.05) is 19.9 Å². The zero-order valence-electron chi connectivity index (χ0n) is 13.6. The summed E-state index contributed by atoms with van der Waals surface area (Å²) in [6.07, 6.45) is 1.45. The lowest BCUT2D eigenvalue weighted by atomic mass is 10.2. The molecule has 130 valence electrons. The van der Waals surface area contributed by atoms with Crippen LogP contribution in [0.3, 0.4) is 0 Å². The highest BCUT2D eigenvalue weighted by atomic mass is 32.2. The van der Waals surface area contributed by atoms with Crippen molar-refractivity contribution in [3.63, 3.8) is 0 Å². The number of hydrogen-bond acceptors (Lipinski definition) is 4. The molecule has 8 heteroatoms. The SMILES string of the molecule is CCCCS(=O)(=O)N1CCN(S(=O)(=O)c2cccc(C)c2)CC1. The van der Waals surface area contributed by atoms with Gasteiger partial charge in [0.1, 0.15) is 0 Å². The van der Waals surface area contributed by atoms with Gasteiger partial charge in [-0.1, -0.05) is 25.5 Å². The van der Waals surface area contributed by atoms with Crippen molar-refractivity contribution in [2.75, 3.05) is 31.9 Å². The summed E-state index contributed by atoms with van der Waals surface area (Å²) in [7, 11) is -6.83. The number of nitrogens with zero attached hydrogens (tertiary/aromatic N) is 2. The van der Waals surface area contributed by atoms with Gasteiger partial charge in [-0.05, 0) is 31.0 Å². The van der Waals surface area contributed by atoms with E-state index < -0.39 is 20.0 Å². The summed E-state index contributed by atoms with van der Waals surface area (Å²) in [5.41, 5.74) is 0.881. The van der Waals surface area contributed by atoms with Crippen molar-refractivity contribution in [2.45, 2.75) is 31.6 Å². The molecule has 0 aromatic heterocycles. The number of hydrogen-bond donors (Lipinski definition) is 0. The third kappa shape index (κ3) is 4.32. The molecule has 0 N–H and O–H groups in total. The third-order valence-electron chi connectivity index (χ3n) is 3.97. The summed E-state index contributed by atoms with van der Waals surface area (Å²) in [5, 5.41) is 0. The van der Waals surface area contributed by atoms with Gasteiger partial charge in [-0.25, -0.2) is 16.8 Å². The Morgan fingerprint density at radius 1 is 1.00 bits per heavy atom. The molecule has 1 aliphatic heterocycles. The maximum atomic E-state index is 12.6. The Morgan fingerprint density at radius 2 is 1.61 bits per heavy atom. The highest BCUT2D eigenvalue weighted by Crippen LogP contribution is 2.20. The van der Waals surface area contributed by atoms with Gasteiger partial charge in [0.15, 0.2) is 0 Å². The van der Waals surface area contributed by atoms with Crippen molar-refractivity contribution in [1.82, 2.24) is 8.61 Å². The molecular weight excluding hydrogens is 336 g/mol. The smallest absolute Gasteiger partial charge is 0.212 e. The molecule has 1 heterocycles. The van der Waals surface area contributed by atoms with E-state index in [9.17, 15) is 16.8 Å². The van der Waals surface area contributed by atoms with Gasteiger partial charge >= 0.3 is 0 Å². The topological polar surface area (TPSA) is 74.8 Å². The van der Waals surface area contributed by atoms with E-state index in [1.165, 1.54) is 8.61 Å². The molecule has 0 atom stereocenters. The second-order valence-electron chi connectivity index (χ2n) is 5.79. The van der Waals surface area contributed by atoms with Crippen molar-refractivity contribution < 1.29 is 16.8 Å². The predicted octanol–water partition coefficient (Wildman–Crippen LogP) is 1.43. The largest absolute Gasteiger partial charge is 0.243 e. The van der Waals surface area contributed by atoms with Gasteiger partial charge in [0.25, 0.3) is 0 Å². The molecule has 0 saturated carbocycles. The monoisotopic (exact) mass is 360 g/mol. The average molecular weight is 361 g/mol. The predicted molar refractivity (Wildman–Crippen MR) is 90.2 cm³/mol. The first-order valence-corrected chi connectivity index (χ1v) is 10.9. The lowest BCUT2D eigenvalue weighted by Gasteiger charge is -2.33. The molecule has 0 aliphatic carbocycles. The normalized spacial score (nSPS) is 18.2. The Hall–Kier alpha value is -0.960. The minimum Gasteiger partial charge on any atom is -0.212 e. The number of sulfonamides is 2. The average Bonchev–Trinajstić information content (AvgIpc) is 2.53. The summed E-state index contributed by atoms with van der Waals surface area (Å²) in [6, 6.07) is 6.78. The van der Waals surface area contributed by atoms with E-state index in [2.05, 4.69) is 0 Å². The maximum absolute atomic E-state index is 12.6. The second-order valence-corrected chi connectivity index (χ2v) is 9.82. The van der Waals surface area contributed by atoms with E-state index in [0.29, 0.717) is 6.42 Å². The summed E-state index contributed by atoms with van der Waals surface area (Å²) in [5.74, 6) is 0.133. The number of aryl methyl sites for hydroxylation is 1. The van der Waals surface area contributed by atoms with Gasteiger partial charge < -0.3 is 0 Å². The molecule has 1 aromatic rings. The molecule has 0 unspecified atom stereocenters.